The summed E-state index contributed by atoms with van der Waals surface area (Å²) in [7, 11) is 0. The van der Waals surface area contributed by atoms with Gasteiger partial charge in [0.15, 0.2) is 0 Å². The minimum absolute atomic E-state index is 0.0516. The SMILES string of the molecule is O=C(CSCc1ccc(Cl)c(Cl)c1)NCCCn1ccnc1. The van der Waals surface area contributed by atoms with Crippen molar-refractivity contribution in [2.75, 3.05) is 12.3 Å². The molecule has 0 atom stereocenters. The molecule has 1 N–H and O–H groups in total. The Labute approximate surface area is 144 Å². The Morgan fingerprint density at radius 1 is 1.32 bits per heavy atom. The van der Waals surface area contributed by atoms with Gasteiger partial charge < -0.3 is 9.88 Å². The van der Waals surface area contributed by atoms with Crippen molar-refractivity contribution in [2.24, 2.45) is 0 Å². The fourth-order valence-corrected chi connectivity index (χ4v) is 2.98. The highest BCUT2D eigenvalue weighted by Gasteiger charge is 2.03. The molecule has 1 heterocycles. The van der Waals surface area contributed by atoms with Gasteiger partial charge in [0.05, 0.1) is 22.1 Å². The van der Waals surface area contributed by atoms with E-state index in [1.54, 1.807) is 30.4 Å². The highest BCUT2D eigenvalue weighted by atomic mass is 35.5. The summed E-state index contributed by atoms with van der Waals surface area (Å²) in [6, 6.07) is 5.53. The van der Waals surface area contributed by atoms with Crippen molar-refractivity contribution < 1.29 is 4.79 Å². The molecule has 2 rings (SSSR count). The highest BCUT2D eigenvalue weighted by molar-refractivity contribution is 7.99. The zero-order chi connectivity index (χ0) is 15.8. The van der Waals surface area contributed by atoms with Crippen LogP contribution in [-0.4, -0.2) is 27.8 Å². The quantitative estimate of drug-likeness (QED) is 0.733. The van der Waals surface area contributed by atoms with Crippen LogP contribution in [0.2, 0.25) is 10.0 Å². The lowest BCUT2D eigenvalue weighted by Gasteiger charge is -2.06. The molecule has 0 aliphatic rings. The molecular weight excluding hydrogens is 341 g/mol. The third-order valence-electron chi connectivity index (χ3n) is 2.96. The zero-order valence-electron chi connectivity index (χ0n) is 12.0. The number of hydrogen-bond acceptors (Lipinski definition) is 3. The Bertz CT molecular complexity index is 605. The molecule has 0 fully saturated rings. The number of carbonyl (C=O) groups is 1. The van der Waals surface area contributed by atoms with E-state index in [2.05, 4.69) is 10.3 Å². The molecule has 2 aromatic rings. The van der Waals surface area contributed by atoms with Crippen LogP contribution in [0.5, 0.6) is 0 Å². The first-order valence-electron chi connectivity index (χ1n) is 6.89. The lowest BCUT2D eigenvalue weighted by atomic mass is 10.2. The van der Waals surface area contributed by atoms with Gasteiger partial charge in [-0.15, -0.1) is 11.8 Å². The second-order valence-corrected chi connectivity index (χ2v) is 6.55. The maximum atomic E-state index is 11.7. The van der Waals surface area contributed by atoms with Crippen molar-refractivity contribution in [2.45, 2.75) is 18.7 Å². The topological polar surface area (TPSA) is 46.9 Å². The number of nitrogens with one attached hydrogen (secondary N) is 1. The van der Waals surface area contributed by atoms with Crippen LogP contribution in [0.15, 0.2) is 36.9 Å². The standard InChI is InChI=1S/C15H17Cl2N3OS/c16-13-3-2-12(8-14(13)17)9-22-10-15(21)19-4-1-6-20-7-5-18-11-20/h2-3,5,7-8,11H,1,4,6,9-10H2,(H,19,21). The van der Waals surface area contributed by atoms with E-state index < -0.39 is 0 Å². The summed E-state index contributed by atoms with van der Waals surface area (Å²) < 4.78 is 1.99. The minimum Gasteiger partial charge on any atom is -0.355 e. The average molecular weight is 358 g/mol. The molecule has 1 aromatic carbocycles. The molecule has 4 nitrogen and oxygen atoms in total. The van der Waals surface area contributed by atoms with Gasteiger partial charge in [-0.3, -0.25) is 4.79 Å². The lowest BCUT2D eigenvalue weighted by Crippen LogP contribution is -2.26. The van der Waals surface area contributed by atoms with Crippen molar-refractivity contribution in [3.63, 3.8) is 0 Å². The first-order chi connectivity index (χ1) is 10.6. The number of halogens is 2. The number of carbonyl (C=O) groups excluding carboxylic acids is 1. The first-order valence-corrected chi connectivity index (χ1v) is 8.80. The molecule has 0 aliphatic carbocycles. The number of amides is 1. The van der Waals surface area contributed by atoms with Crippen LogP contribution in [0.1, 0.15) is 12.0 Å². The number of thioether (sulfide) groups is 1. The van der Waals surface area contributed by atoms with E-state index in [0.717, 1.165) is 24.3 Å². The predicted octanol–water partition coefficient (Wildman–Crippen LogP) is 3.63. The number of imidazole rings is 1. The van der Waals surface area contributed by atoms with E-state index in [1.165, 1.54) is 0 Å². The second-order valence-electron chi connectivity index (χ2n) is 4.75. The number of nitrogens with zero attached hydrogens (tertiary/aromatic N) is 2. The molecule has 1 aromatic heterocycles. The van der Waals surface area contributed by atoms with Crippen LogP contribution >= 0.6 is 35.0 Å². The fourth-order valence-electron chi connectivity index (χ4n) is 1.85. The number of aryl methyl sites for hydroxylation is 1. The van der Waals surface area contributed by atoms with Gasteiger partial charge in [-0.2, -0.15) is 0 Å². The summed E-state index contributed by atoms with van der Waals surface area (Å²) >= 11 is 13.4. The van der Waals surface area contributed by atoms with Crippen molar-refractivity contribution in [1.82, 2.24) is 14.9 Å². The second kappa shape index (κ2) is 9.08. The average Bonchev–Trinajstić information content (AvgIpc) is 3.01. The van der Waals surface area contributed by atoms with Crippen LogP contribution in [0.3, 0.4) is 0 Å². The molecule has 7 heteroatoms. The van der Waals surface area contributed by atoms with Crippen LogP contribution in [-0.2, 0) is 17.1 Å². The van der Waals surface area contributed by atoms with E-state index in [9.17, 15) is 4.79 Å². The van der Waals surface area contributed by atoms with Gasteiger partial charge in [-0.1, -0.05) is 29.3 Å². The van der Waals surface area contributed by atoms with Gasteiger partial charge in [0, 0.05) is 31.2 Å². The Kier molecular flexibility index (Phi) is 7.09. The summed E-state index contributed by atoms with van der Waals surface area (Å²) in [5, 5.41) is 4.00. The Morgan fingerprint density at radius 2 is 2.18 bits per heavy atom. The van der Waals surface area contributed by atoms with Gasteiger partial charge in [0.1, 0.15) is 0 Å². The van der Waals surface area contributed by atoms with Crippen molar-refractivity contribution in [1.29, 1.82) is 0 Å². The summed E-state index contributed by atoms with van der Waals surface area (Å²) in [6.07, 6.45) is 6.32. The molecule has 0 spiro atoms. The maximum absolute atomic E-state index is 11.7. The third kappa shape index (κ3) is 5.91. The van der Waals surface area contributed by atoms with E-state index in [-0.39, 0.29) is 5.91 Å². The van der Waals surface area contributed by atoms with Gasteiger partial charge >= 0.3 is 0 Å². The van der Waals surface area contributed by atoms with E-state index >= 15 is 0 Å². The smallest absolute Gasteiger partial charge is 0.230 e. The monoisotopic (exact) mass is 357 g/mol. The van der Waals surface area contributed by atoms with Gasteiger partial charge in [-0.25, -0.2) is 4.98 Å². The molecule has 0 aliphatic heterocycles. The molecule has 0 radical (unpaired) electrons. The summed E-state index contributed by atoms with van der Waals surface area (Å²) in [5.41, 5.74) is 1.06. The van der Waals surface area contributed by atoms with Crippen LogP contribution in [0.4, 0.5) is 0 Å². The summed E-state index contributed by atoms with van der Waals surface area (Å²) in [6.45, 7) is 1.53. The maximum Gasteiger partial charge on any atom is 0.230 e. The van der Waals surface area contributed by atoms with Crippen LogP contribution < -0.4 is 5.32 Å². The molecular formula is C15H17Cl2N3OS. The summed E-state index contributed by atoms with van der Waals surface area (Å²) in [4.78, 5) is 15.7. The number of rotatable bonds is 8. The van der Waals surface area contributed by atoms with E-state index in [4.69, 9.17) is 23.2 Å². The largest absolute Gasteiger partial charge is 0.355 e. The Balaban J connectivity index is 1.58. The Hall–Kier alpha value is -1.17. The third-order valence-corrected chi connectivity index (χ3v) is 4.70. The molecule has 118 valence electrons. The van der Waals surface area contributed by atoms with Gasteiger partial charge in [0.25, 0.3) is 0 Å². The number of benzene rings is 1. The van der Waals surface area contributed by atoms with E-state index in [0.29, 0.717) is 22.3 Å². The van der Waals surface area contributed by atoms with Gasteiger partial charge in [-0.05, 0) is 24.1 Å². The molecule has 0 bridgehead atoms. The predicted molar refractivity (Wildman–Crippen MR) is 92.5 cm³/mol. The minimum atomic E-state index is 0.0516. The number of aromatic nitrogens is 2. The zero-order valence-corrected chi connectivity index (χ0v) is 14.3. The van der Waals surface area contributed by atoms with E-state index in [1.807, 2.05) is 22.9 Å². The molecule has 0 saturated heterocycles. The van der Waals surface area contributed by atoms with Crippen molar-refractivity contribution >= 4 is 40.9 Å². The molecule has 22 heavy (non-hydrogen) atoms. The van der Waals surface area contributed by atoms with Crippen molar-refractivity contribution in [3.8, 4) is 0 Å². The fraction of sp³-hybridized carbons (Fsp3) is 0.333. The number of hydrogen-bond donors (Lipinski definition) is 1. The molecule has 0 unspecified atom stereocenters. The lowest BCUT2D eigenvalue weighted by molar-refractivity contribution is -0.118. The Morgan fingerprint density at radius 3 is 2.91 bits per heavy atom. The van der Waals surface area contributed by atoms with Crippen LogP contribution in [0.25, 0.3) is 0 Å². The molecule has 1 amide bonds. The molecule has 0 saturated carbocycles. The van der Waals surface area contributed by atoms with Crippen LogP contribution in [0, 0.1) is 0 Å². The normalized spacial score (nSPS) is 10.6. The first kappa shape index (κ1) is 17.2. The van der Waals surface area contributed by atoms with Crippen molar-refractivity contribution in [3.05, 3.63) is 52.5 Å². The van der Waals surface area contributed by atoms with Gasteiger partial charge in [0.2, 0.25) is 5.91 Å². The highest BCUT2D eigenvalue weighted by Crippen LogP contribution is 2.24. The summed E-state index contributed by atoms with van der Waals surface area (Å²) in [5.74, 6) is 1.22.